The Labute approximate surface area is 93.0 Å². The van der Waals surface area contributed by atoms with E-state index in [4.69, 9.17) is 0 Å². The van der Waals surface area contributed by atoms with Gasteiger partial charge in [0.05, 0.1) is 10.5 Å². The van der Waals surface area contributed by atoms with Crippen molar-refractivity contribution in [1.82, 2.24) is 0 Å². The van der Waals surface area contributed by atoms with Gasteiger partial charge in [0.15, 0.2) is 5.78 Å². The zero-order valence-corrected chi connectivity index (χ0v) is 9.31. The van der Waals surface area contributed by atoms with Crippen LogP contribution in [0.1, 0.15) is 17.3 Å². The Morgan fingerprint density at radius 3 is 2.57 bits per heavy atom. The van der Waals surface area contributed by atoms with Crippen molar-refractivity contribution in [3.8, 4) is 5.75 Å². The Balaban J connectivity index is 3.49. The predicted octanol–water partition coefficient (Wildman–Crippen LogP) is 2.11. The highest BCUT2D eigenvalue weighted by atomic mass is 127. The fraction of sp³-hybridized carbons (Fsp3) is 0.125. The number of halogens is 1. The van der Waals surface area contributed by atoms with Crippen LogP contribution in [0.2, 0.25) is 0 Å². The highest BCUT2D eigenvalue weighted by molar-refractivity contribution is 14.1. The van der Waals surface area contributed by atoms with E-state index in [0.717, 1.165) is 0 Å². The lowest BCUT2D eigenvalue weighted by Crippen LogP contribution is -1.99. The van der Waals surface area contributed by atoms with E-state index in [0.29, 0.717) is 3.57 Å². The Morgan fingerprint density at radius 1 is 1.57 bits per heavy atom. The van der Waals surface area contributed by atoms with Gasteiger partial charge in [-0.1, -0.05) is 0 Å². The summed E-state index contributed by atoms with van der Waals surface area (Å²) in [5, 5.41) is 19.9. The standard InChI is InChI=1S/C8H6INO4/c1-4(11)7-5(9)2-3-6(8(7)12)10(13)14/h2-3,12H,1H3. The first-order valence-electron chi connectivity index (χ1n) is 3.62. The number of phenols is 1. The Hall–Kier alpha value is -1.18. The van der Waals surface area contributed by atoms with Gasteiger partial charge in [-0.05, 0) is 35.6 Å². The van der Waals surface area contributed by atoms with Crippen LogP contribution in [0.15, 0.2) is 12.1 Å². The average molecular weight is 307 g/mol. The van der Waals surface area contributed by atoms with E-state index in [9.17, 15) is 20.0 Å². The van der Waals surface area contributed by atoms with Crippen LogP contribution >= 0.6 is 22.6 Å². The summed E-state index contributed by atoms with van der Waals surface area (Å²) in [7, 11) is 0. The van der Waals surface area contributed by atoms with Crippen LogP contribution < -0.4 is 0 Å². The maximum atomic E-state index is 11.1. The number of hydrogen-bond donors (Lipinski definition) is 1. The highest BCUT2D eigenvalue weighted by Crippen LogP contribution is 2.32. The molecular weight excluding hydrogens is 301 g/mol. The van der Waals surface area contributed by atoms with E-state index in [-0.39, 0.29) is 5.56 Å². The van der Waals surface area contributed by atoms with Gasteiger partial charge in [0.25, 0.3) is 0 Å². The number of nitro groups is 1. The molecule has 0 aliphatic rings. The lowest BCUT2D eigenvalue weighted by Gasteiger charge is -2.03. The molecule has 0 heterocycles. The normalized spacial score (nSPS) is 9.86. The lowest BCUT2D eigenvalue weighted by molar-refractivity contribution is -0.385. The number of carbonyl (C=O) groups excluding carboxylic acids is 1. The number of nitrogens with zero attached hydrogens (tertiary/aromatic N) is 1. The van der Waals surface area contributed by atoms with Gasteiger partial charge in [-0.15, -0.1) is 0 Å². The molecule has 0 aliphatic heterocycles. The monoisotopic (exact) mass is 307 g/mol. The van der Waals surface area contributed by atoms with Gasteiger partial charge < -0.3 is 5.11 Å². The number of aromatic hydroxyl groups is 1. The topological polar surface area (TPSA) is 80.4 Å². The summed E-state index contributed by atoms with van der Waals surface area (Å²) in [6.07, 6.45) is 0. The minimum atomic E-state index is -0.724. The number of ketones is 1. The molecule has 1 aromatic rings. The molecule has 0 radical (unpaired) electrons. The average Bonchev–Trinajstić information content (AvgIpc) is 2.02. The third kappa shape index (κ3) is 1.84. The van der Waals surface area contributed by atoms with Crippen molar-refractivity contribution >= 4 is 34.1 Å². The SMILES string of the molecule is CC(=O)c1c(I)ccc([N+](=O)[O-])c1O. The van der Waals surface area contributed by atoms with Crippen LogP contribution in [0.3, 0.4) is 0 Å². The second-order valence-electron chi connectivity index (χ2n) is 2.60. The van der Waals surface area contributed by atoms with Crippen LogP contribution in [0, 0.1) is 13.7 Å². The summed E-state index contributed by atoms with van der Waals surface area (Å²) in [5.41, 5.74) is -0.449. The molecule has 1 rings (SSSR count). The molecule has 0 aliphatic carbocycles. The fourth-order valence-electron chi connectivity index (χ4n) is 1.04. The van der Waals surface area contributed by atoms with Gasteiger partial charge in [-0.2, -0.15) is 0 Å². The maximum Gasteiger partial charge on any atom is 0.311 e. The molecule has 5 nitrogen and oxygen atoms in total. The maximum absolute atomic E-state index is 11.1. The highest BCUT2D eigenvalue weighted by Gasteiger charge is 2.21. The molecule has 74 valence electrons. The van der Waals surface area contributed by atoms with Gasteiger partial charge in [0.2, 0.25) is 5.75 Å². The summed E-state index contributed by atoms with van der Waals surface area (Å²) < 4.78 is 0.498. The minimum absolute atomic E-state index is 0.000185. The summed E-state index contributed by atoms with van der Waals surface area (Å²) in [4.78, 5) is 20.8. The Kier molecular flexibility index (Phi) is 3.04. The number of carbonyl (C=O) groups is 1. The lowest BCUT2D eigenvalue weighted by atomic mass is 10.1. The quantitative estimate of drug-likeness (QED) is 0.393. The first-order chi connectivity index (χ1) is 6.45. The van der Waals surface area contributed by atoms with E-state index in [2.05, 4.69) is 0 Å². The third-order valence-electron chi connectivity index (χ3n) is 1.65. The zero-order valence-electron chi connectivity index (χ0n) is 7.15. The Bertz CT molecular complexity index is 416. The van der Waals surface area contributed by atoms with Gasteiger partial charge in [0, 0.05) is 9.64 Å². The summed E-state index contributed by atoms with van der Waals surface area (Å²) in [6, 6.07) is 2.60. The first-order valence-corrected chi connectivity index (χ1v) is 4.69. The summed E-state index contributed by atoms with van der Waals surface area (Å²) in [6.45, 7) is 1.25. The number of rotatable bonds is 2. The van der Waals surface area contributed by atoms with Gasteiger partial charge in [0.1, 0.15) is 0 Å². The van der Waals surface area contributed by atoms with Crippen molar-refractivity contribution in [2.75, 3.05) is 0 Å². The number of Topliss-reactive ketones (excluding diaryl/α,β-unsaturated/α-hetero) is 1. The van der Waals surface area contributed by atoms with E-state index in [1.807, 2.05) is 22.6 Å². The molecule has 0 aromatic heterocycles. The number of hydrogen-bond acceptors (Lipinski definition) is 4. The molecule has 0 spiro atoms. The molecular formula is C8H6INO4. The third-order valence-corrected chi connectivity index (χ3v) is 2.55. The number of nitro benzene ring substituents is 1. The van der Waals surface area contributed by atoms with Crippen LogP contribution in [0.4, 0.5) is 5.69 Å². The summed E-state index contributed by atoms with van der Waals surface area (Å²) >= 11 is 1.84. The van der Waals surface area contributed by atoms with Gasteiger partial charge >= 0.3 is 5.69 Å². The number of phenolic OH excluding ortho intramolecular Hbond substituents is 1. The first kappa shape index (κ1) is 10.9. The fourth-order valence-corrected chi connectivity index (χ4v) is 1.85. The molecule has 1 N–H and O–H groups in total. The zero-order chi connectivity index (χ0) is 10.9. The Morgan fingerprint density at radius 2 is 2.14 bits per heavy atom. The van der Waals surface area contributed by atoms with Gasteiger partial charge in [-0.3, -0.25) is 14.9 Å². The second-order valence-corrected chi connectivity index (χ2v) is 3.77. The molecule has 0 atom stereocenters. The van der Waals surface area contributed by atoms with E-state index in [1.54, 1.807) is 0 Å². The van der Waals surface area contributed by atoms with Crippen molar-refractivity contribution < 1.29 is 14.8 Å². The molecule has 0 fully saturated rings. The van der Waals surface area contributed by atoms with E-state index < -0.39 is 22.1 Å². The number of benzene rings is 1. The second kappa shape index (κ2) is 3.91. The molecule has 0 amide bonds. The molecule has 0 unspecified atom stereocenters. The van der Waals surface area contributed by atoms with Crippen LogP contribution in [0.25, 0.3) is 0 Å². The molecule has 1 aromatic carbocycles. The van der Waals surface area contributed by atoms with Crippen LogP contribution in [-0.4, -0.2) is 15.8 Å². The smallest absolute Gasteiger partial charge is 0.311 e. The van der Waals surface area contributed by atoms with Crippen LogP contribution in [0.5, 0.6) is 5.75 Å². The van der Waals surface area contributed by atoms with E-state index >= 15 is 0 Å². The summed E-state index contributed by atoms with van der Waals surface area (Å²) in [5.74, 6) is -0.954. The molecule has 14 heavy (non-hydrogen) atoms. The van der Waals surface area contributed by atoms with Crippen molar-refractivity contribution in [1.29, 1.82) is 0 Å². The molecule has 0 saturated heterocycles. The molecule has 0 bridgehead atoms. The predicted molar refractivity (Wildman–Crippen MR) is 57.5 cm³/mol. The van der Waals surface area contributed by atoms with Gasteiger partial charge in [-0.25, -0.2) is 0 Å². The van der Waals surface area contributed by atoms with Crippen molar-refractivity contribution in [3.05, 3.63) is 31.4 Å². The largest absolute Gasteiger partial charge is 0.502 e. The molecule has 0 saturated carbocycles. The van der Waals surface area contributed by atoms with Crippen molar-refractivity contribution in [3.63, 3.8) is 0 Å². The van der Waals surface area contributed by atoms with Crippen molar-refractivity contribution in [2.45, 2.75) is 6.92 Å². The van der Waals surface area contributed by atoms with E-state index in [1.165, 1.54) is 19.1 Å². The van der Waals surface area contributed by atoms with Crippen molar-refractivity contribution in [2.24, 2.45) is 0 Å². The molecule has 6 heteroatoms. The minimum Gasteiger partial charge on any atom is -0.502 e. The van der Waals surface area contributed by atoms with Crippen LogP contribution in [-0.2, 0) is 0 Å².